The first-order valence-electron chi connectivity index (χ1n) is 3.94. The van der Waals surface area contributed by atoms with Crippen molar-refractivity contribution in [2.75, 3.05) is 0 Å². The summed E-state index contributed by atoms with van der Waals surface area (Å²) < 4.78 is 4.52. The molecule has 0 aromatic heterocycles. The molecule has 1 fully saturated rings. The molecule has 2 N–H and O–H groups in total. The van der Waals surface area contributed by atoms with Gasteiger partial charge in [0.05, 0.1) is 6.42 Å². The Bertz CT molecular complexity index is 358. The third-order valence-electron chi connectivity index (χ3n) is 1.55. The van der Waals surface area contributed by atoms with E-state index in [0.29, 0.717) is 12.2 Å². The number of aliphatic carboxylic acids is 1. The fourth-order valence-electron chi connectivity index (χ4n) is 0.944. The predicted molar refractivity (Wildman–Crippen MR) is 44.4 cm³/mol. The first kappa shape index (κ1) is 10.9. The van der Waals surface area contributed by atoms with Crippen molar-refractivity contribution >= 4 is 23.8 Å². The molecule has 0 radical (unpaired) electrons. The number of amides is 2. The molecule has 1 unspecified atom stereocenters. The SMILES string of the molecule is O=C(O)/C=C/C(=O)OC1CC(=O)NC1=O. The van der Waals surface area contributed by atoms with Crippen LogP contribution in [0.1, 0.15) is 6.42 Å². The molecule has 1 aliphatic heterocycles. The standard InChI is InChI=1S/C8H7NO6/c10-5-3-4(8(14)9-5)15-7(13)2-1-6(11)12/h1-2,4H,3H2,(H,11,12)(H,9,10,14)/b2-1+. The van der Waals surface area contributed by atoms with E-state index in [1.807, 2.05) is 5.32 Å². The lowest BCUT2D eigenvalue weighted by Crippen LogP contribution is -2.27. The molecular weight excluding hydrogens is 206 g/mol. The summed E-state index contributed by atoms with van der Waals surface area (Å²) in [5, 5.41) is 10.1. The minimum Gasteiger partial charge on any atom is -0.478 e. The molecule has 0 aromatic carbocycles. The van der Waals surface area contributed by atoms with Gasteiger partial charge in [-0.3, -0.25) is 14.9 Å². The second-order valence-electron chi connectivity index (χ2n) is 2.71. The van der Waals surface area contributed by atoms with E-state index in [1.54, 1.807) is 0 Å². The molecule has 15 heavy (non-hydrogen) atoms. The molecule has 1 saturated heterocycles. The van der Waals surface area contributed by atoms with E-state index < -0.39 is 29.9 Å². The van der Waals surface area contributed by atoms with Crippen molar-refractivity contribution in [1.29, 1.82) is 0 Å². The van der Waals surface area contributed by atoms with Gasteiger partial charge in [0.15, 0.2) is 6.10 Å². The summed E-state index contributed by atoms with van der Waals surface area (Å²) >= 11 is 0. The average molecular weight is 213 g/mol. The van der Waals surface area contributed by atoms with Gasteiger partial charge >= 0.3 is 11.9 Å². The van der Waals surface area contributed by atoms with Crippen LogP contribution in [0.3, 0.4) is 0 Å². The second kappa shape index (κ2) is 4.36. The summed E-state index contributed by atoms with van der Waals surface area (Å²) in [6, 6.07) is 0. The van der Waals surface area contributed by atoms with Crippen molar-refractivity contribution in [3.05, 3.63) is 12.2 Å². The maximum absolute atomic E-state index is 10.9. The molecule has 7 nitrogen and oxygen atoms in total. The fourth-order valence-corrected chi connectivity index (χ4v) is 0.944. The van der Waals surface area contributed by atoms with Crippen LogP contribution in [0.25, 0.3) is 0 Å². The number of hydrogen-bond donors (Lipinski definition) is 2. The number of carboxylic acids is 1. The summed E-state index contributed by atoms with van der Waals surface area (Å²) in [5.41, 5.74) is 0. The molecule has 1 rings (SSSR count). The number of carboxylic acid groups (broad SMARTS) is 1. The largest absolute Gasteiger partial charge is 0.478 e. The van der Waals surface area contributed by atoms with Gasteiger partial charge in [0.2, 0.25) is 5.91 Å². The van der Waals surface area contributed by atoms with Crippen molar-refractivity contribution in [1.82, 2.24) is 5.32 Å². The highest BCUT2D eigenvalue weighted by atomic mass is 16.5. The van der Waals surface area contributed by atoms with Crippen LogP contribution in [0.4, 0.5) is 0 Å². The van der Waals surface area contributed by atoms with Gasteiger partial charge in [0.25, 0.3) is 5.91 Å². The van der Waals surface area contributed by atoms with Crippen molar-refractivity contribution in [2.45, 2.75) is 12.5 Å². The maximum Gasteiger partial charge on any atom is 0.331 e. The molecule has 0 aliphatic carbocycles. The van der Waals surface area contributed by atoms with E-state index in [0.717, 1.165) is 0 Å². The minimum atomic E-state index is -1.31. The van der Waals surface area contributed by atoms with Gasteiger partial charge < -0.3 is 9.84 Å². The zero-order valence-electron chi connectivity index (χ0n) is 7.43. The first-order valence-corrected chi connectivity index (χ1v) is 3.94. The lowest BCUT2D eigenvalue weighted by atomic mass is 10.3. The number of hydrogen-bond acceptors (Lipinski definition) is 5. The van der Waals surface area contributed by atoms with Crippen molar-refractivity contribution in [3.8, 4) is 0 Å². The Balaban J connectivity index is 2.48. The van der Waals surface area contributed by atoms with E-state index in [4.69, 9.17) is 5.11 Å². The number of imide groups is 1. The molecular formula is C8H7NO6. The Labute approximate surface area is 83.7 Å². The number of carbonyl (C=O) groups is 4. The highest BCUT2D eigenvalue weighted by Gasteiger charge is 2.33. The molecule has 0 aromatic rings. The van der Waals surface area contributed by atoms with Crippen LogP contribution >= 0.6 is 0 Å². The molecule has 1 heterocycles. The smallest absolute Gasteiger partial charge is 0.331 e. The molecule has 0 spiro atoms. The van der Waals surface area contributed by atoms with E-state index >= 15 is 0 Å². The van der Waals surface area contributed by atoms with Gasteiger partial charge in [-0.15, -0.1) is 0 Å². The van der Waals surface area contributed by atoms with Crippen LogP contribution in [-0.2, 0) is 23.9 Å². The van der Waals surface area contributed by atoms with E-state index in [2.05, 4.69) is 4.74 Å². The molecule has 1 atom stereocenters. The highest BCUT2D eigenvalue weighted by Crippen LogP contribution is 2.06. The Hall–Kier alpha value is -2.18. The molecule has 7 heteroatoms. The second-order valence-corrected chi connectivity index (χ2v) is 2.71. The highest BCUT2D eigenvalue weighted by molar-refractivity contribution is 6.06. The van der Waals surface area contributed by atoms with Gasteiger partial charge in [0, 0.05) is 12.2 Å². The van der Waals surface area contributed by atoms with Crippen LogP contribution in [-0.4, -0.2) is 35.0 Å². The molecule has 1 aliphatic rings. The van der Waals surface area contributed by atoms with Crippen LogP contribution in [0, 0.1) is 0 Å². The maximum atomic E-state index is 10.9. The summed E-state index contributed by atoms with van der Waals surface area (Å²) in [5.74, 6) is -3.51. The predicted octanol–water partition coefficient (Wildman–Crippen LogP) is -1.41. The Morgan fingerprint density at radius 2 is 2.07 bits per heavy atom. The van der Waals surface area contributed by atoms with E-state index in [9.17, 15) is 19.2 Å². The topological polar surface area (TPSA) is 110 Å². The monoisotopic (exact) mass is 213 g/mol. The number of ether oxygens (including phenoxy) is 1. The Morgan fingerprint density at radius 1 is 1.40 bits per heavy atom. The van der Waals surface area contributed by atoms with Crippen molar-refractivity contribution < 1.29 is 29.0 Å². The normalized spacial score (nSPS) is 20.4. The number of nitrogens with one attached hydrogen (secondary N) is 1. The van der Waals surface area contributed by atoms with E-state index in [-0.39, 0.29) is 6.42 Å². The summed E-state index contributed by atoms with van der Waals surface area (Å²) in [6.07, 6.45) is -0.149. The Kier molecular flexibility index (Phi) is 3.17. The van der Waals surface area contributed by atoms with Crippen molar-refractivity contribution in [2.24, 2.45) is 0 Å². The molecule has 0 saturated carbocycles. The zero-order valence-corrected chi connectivity index (χ0v) is 7.43. The lowest BCUT2D eigenvalue weighted by molar-refractivity contribution is -0.149. The number of esters is 1. The third-order valence-corrected chi connectivity index (χ3v) is 1.55. The van der Waals surface area contributed by atoms with Gasteiger partial charge in [-0.2, -0.15) is 0 Å². The minimum absolute atomic E-state index is 0.231. The summed E-state index contributed by atoms with van der Waals surface area (Å²) in [7, 11) is 0. The first-order chi connectivity index (χ1) is 6.99. The van der Waals surface area contributed by atoms with Crippen LogP contribution in [0.2, 0.25) is 0 Å². The number of carbonyl (C=O) groups excluding carboxylic acids is 3. The van der Waals surface area contributed by atoms with Crippen LogP contribution in [0.15, 0.2) is 12.2 Å². The quantitative estimate of drug-likeness (QED) is 0.338. The van der Waals surface area contributed by atoms with Gasteiger partial charge in [-0.1, -0.05) is 0 Å². The molecule has 80 valence electrons. The van der Waals surface area contributed by atoms with Gasteiger partial charge in [0.1, 0.15) is 0 Å². The fraction of sp³-hybridized carbons (Fsp3) is 0.250. The van der Waals surface area contributed by atoms with Crippen LogP contribution < -0.4 is 5.32 Å². The molecule has 2 amide bonds. The lowest BCUT2D eigenvalue weighted by Gasteiger charge is -2.04. The number of rotatable bonds is 3. The average Bonchev–Trinajstić information content (AvgIpc) is 2.42. The van der Waals surface area contributed by atoms with Crippen molar-refractivity contribution in [3.63, 3.8) is 0 Å². The third kappa shape index (κ3) is 3.22. The Morgan fingerprint density at radius 3 is 2.53 bits per heavy atom. The van der Waals surface area contributed by atoms with Gasteiger partial charge in [-0.25, -0.2) is 9.59 Å². The zero-order chi connectivity index (χ0) is 11.4. The van der Waals surface area contributed by atoms with E-state index in [1.165, 1.54) is 0 Å². The summed E-state index contributed by atoms with van der Waals surface area (Å²) in [6.45, 7) is 0. The summed E-state index contributed by atoms with van der Waals surface area (Å²) in [4.78, 5) is 42.5. The molecule has 0 bridgehead atoms. The van der Waals surface area contributed by atoms with Crippen LogP contribution in [0.5, 0.6) is 0 Å². The van der Waals surface area contributed by atoms with Gasteiger partial charge in [-0.05, 0) is 0 Å².